The number of likely N-dealkylation sites (tertiary alicyclic amines) is 1. The van der Waals surface area contributed by atoms with Gasteiger partial charge in [-0.15, -0.1) is 0 Å². The lowest BCUT2D eigenvalue weighted by Crippen LogP contribution is -2.51. The van der Waals surface area contributed by atoms with Crippen molar-refractivity contribution >= 4 is 11.9 Å². The highest BCUT2D eigenvalue weighted by molar-refractivity contribution is 5.87. The van der Waals surface area contributed by atoms with E-state index >= 15 is 0 Å². The number of aliphatic carboxylic acids is 1. The Morgan fingerprint density at radius 3 is 2.88 bits per heavy atom. The standard InChI is InChI=1S/C11H15N3O3/c1-11(10(16)17)4-2-7-14(11)9(15)8-13-6-3-5-12-13/h3,5-6H,2,4,7-8H2,1H3,(H,16,17). The van der Waals surface area contributed by atoms with E-state index in [0.29, 0.717) is 13.0 Å². The summed E-state index contributed by atoms with van der Waals surface area (Å²) in [7, 11) is 0. The van der Waals surface area contributed by atoms with E-state index in [4.69, 9.17) is 0 Å². The first kappa shape index (κ1) is 11.6. The highest BCUT2D eigenvalue weighted by Crippen LogP contribution is 2.29. The number of carboxylic acids is 1. The number of carboxylic acid groups (broad SMARTS) is 1. The molecule has 1 atom stereocenters. The van der Waals surface area contributed by atoms with E-state index in [0.717, 1.165) is 6.42 Å². The molecule has 1 aromatic heterocycles. The van der Waals surface area contributed by atoms with E-state index in [2.05, 4.69) is 5.10 Å². The molecule has 1 fully saturated rings. The molecule has 1 aromatic rings. The minimum absolute atomic E-state index is 0.0931. The number of aromatic nitrogens is 2. The summed E-state index contributed by atoms with van der Waals surface area (Å²) in [6.07, 6.45) is 4.51. The van der Waals surface area contributed by atoms with Crippen LogP contribution in [0, 0.1) is 0 Å². The monoisotopic (exact) mass is 237 g/mol. The fourth-order valence-corrected chi connectivity index (χ4v) is 2.20. The third-order valence-corrected chi connectivity index (χ3v) is 3.26. The average Bonchev–Trinajstić information content (AvgIpc) is 2.87. The third-order valence-electron chi connectivity index (χ3n) is 3.26. The Balaban J connectivity index is 2.11. The molecular weight excluding hydrogens is 222 g/mol. The summed E-state index contributed by atoms with van der Waals surface area (Å²) in [4.78, 5) is 24.7. The van der Waals surface area contributed by atoms with Gasteiger partial charge in [0.15, 0.2) is 0 Å². The molecule has 2 heterocycles. The number of carbonyl (C=O) groups excluding carboxylic acids is 1. The van der Waals surface area contributed by atoms with Crippen molar-refractivity contribution in [3.8, 4) is 0 Å². The molecule has 1 saturated heterocycles. The van der Waals surface area contributed by atoms with Crippen molar-refractivity contribution in [2.75, 3.05) is 6.54 Å². The van der Waals surface area contributed by atoms with E-state index < -0.39 is 11.5 Å². The van der Waals surface area contributed by atoms with Gasteiger partial charge in [-0.05, 0) is 25.8 Å². The van der Waals surface area contributed by atoms with Crippen molar-refractivity contribution in [2.45, 2.75) is 31.8 Å². The van der Waals surface area contributed by atoms with Gasteiger partial charge in [-0.25, -0.2) is 4.79 Å². The summed E-state index contributed by atoms with van der Waals surface area (Å²) in [6.45, 7) is 2.20. The lowest BCUT2D eigenvalue weighted by molar-refractivity contribution is -0.155. The Morgan fingerprint density at radius 1 is 1.53 bits per heavy atom. The molecule has 0 spiro atoms. The highest BCUT2D eigenvalue weighted by Gasteiger charge is 2.45. The second-order valence-electron chi connectivity index (χ2n) is 4.43. The summed E-state index contributed by atoms with van der Waals surface area (Å²) in [5, 5.41) is 13.1. The Hall–Kier alpha value is -1.85. The van der Waals surface area contributed by atoms with E-state index in [9.17, 15) is 14.7 Å². The summed E-state index contributed by atoms with van der Waals surface area (Å²) in [5.74, 6) is -1.14. The molecule has 1 unspecified atom stereocenters. The van der Waals surface area contributed by atoms with Crippen LogP contribution in [-0.4, -0.2) is 43.7 Å². The lowest BCUT2D eigenvalue weighted by atomic mass is 9.99. The van der Waals surface area contributed by atoms with Gasteiger partial charge in [0, 0.05) is 18.9 Å². The molecule has 1 aliphatic heterocycles. The SMILES string of the molecule is CC1(C(=O)O)CCCN1C(=O)Cn1cccn1. The molecule has 1 N–H and O–H groups in total. The predicted molar refractivity (Wildman–Crippen MR) is 59.2 cm³/mol. The molecule has 1 aliphatic rings. The van der Waals surface area contributed by atoms with Gasteiger partial charge in [-0.3, -0.25) is 9.48 Å². The van der Waals surface area contributed by atoms with Gasteiger partial charge in [-0.1, -0.05) is 0 Å². The molecule has 2 rings (SSSR count). The second-order valence-corrected chi connectivity index (χ2v) is 4.43. The van der Waals surface area contributed by atoms with Crippen LogP contribution in [0.4, 0.5) is 0 Å². The lowest BCUT2D eigenvalue weighted by Gasteiger charge is -2.31. The summed E-state index contributed by atoms with van der Waals surface area (Å²) < 4.78 is 1.50. The predicted octanol–water partition coefficient (Wildman–Crippen LogP) is 0.349. The van der Waals surface area contributed by atoms with Crippen LogP contribution in [0.3, 0.4) is 0 Å². The quantitative estimate of drug-likeness (QED) is 0.823. The highest BCUT2D eigenvalue weighted by atomic mass is 16.4. The minimum atomic E-state index is -1.07. The van der Waals surface area contributed by atoms with Gasteiger partial charge >= 0.3 is 5.97 Å². The molecule has 0 saturated carbocycles. The number of nitrogens with zero attached hydrogens (tertiary/aromatic N) is 3. The minimum Gasteiger partial charge on any atom is -0.480 e. The molecule has 0 radical (unpaired) electrons. The first-order valence-corrected chi connectivity index (χ1v) is 5.55. The van der Waals surface area contributed by atoms with Gasteiger partial charge in [0.1, 0.15) is 12.1 Å². The van der Waals surface area contributed by atoms with Crippen LogP contribution >= 0.6 is 0 Å². The number of rotatable bonds is 3. The first-order chi connectivity index (χ1) is 8.04. The Kier molecular flexibility index (Phi) is 2.87. The zero-order valence-corrected chi connectivity index (χ0v) is 9.67. The summed E-state index contributed by atoms with van der Waals surface area (Å²) >= 11 is 0. The molecule has 1 amide bonds. The van der Waals surface area contributed by atoms with Crippen molar-refractivity contribution in [3.63, 3.8) is 0 Å². The number of hydrogen-bond donors (Lipinski definition) is 1. The van der Waals surface area contributed by atoms with Crippen LogP contribution in [0.15, 0.2) is 18.5 Å². The topological polar surface area (TPSA) is 75.4 Å². The zero-order valence-electron chi connectivity index (χ0n) is 9.67. The molecule has 6 heteroatoms. The van der Waals surface area contributed by atoms with E-state index in [1.807, 2.05) is 0 Å². The van der Waals surface area contributed by atoms with E-state index in [-0.39, 0.29) is 12.5 Å². The largest absolute Gasteiger partial charge is 0.480 e. The van der Waals surface area contributed by atoms with Crippen LogP contribution in [0.5, 0.6) is 0 Å². The summed E-state index contributed by atoms with van der Waals surface area (Å²) in [5.41, 5.74) is -1.07. The first-order valence-electron chi connectivity index (χ1n) is 5.55. The average molecular weight is 237 g/mol. The smallest absolute Gasteiger partial charge is 0.329 e. The zero-order chi connectivity index (χ0) is 12.5. The molecule has 0 bridgehead atoms. The van der Waals surface area contributed by atoms with Crippen LogP contribution in [-0.2, 0) is 16.1 Å². The molecule has 6 nitrogen and oxygen atoms in total. The number of hydrogen-bond acceptors (Lipinski definition) is 3. The van der Waals surface area contributed by atoms with Gasteiger partial charge in [-0.2, -0.15) is 5.10 Å². The van der Waals surface area contributed by atoms with Crippen LogP contribution in [0.2, 0.25) is 0 Å². The van der Waals surface area contributed by atoms with Gasteiger partial charge in [0.25, 0.3) is 0 Å². The normalized spacial score (nSPS) is 23.9. The van der Waals surface area contributed by atoms with Crippen molar-refractivity contribution in [1.82, 2.24) is 14.7 Å². The molecule has 0 aromatic carbocycles. The molecular formula is C11H15N3O3. The van der Waals surface area contributed by atoms with E-state index in [1.54, 1.807) is 25.4 Å². The molecule has 92 valence electrons. The van der Waals surface area contributed by atoms with E-state index in [1.165, 1.54) is 9.58 Å². The van der Waals surface area contributed by atoms with Crippen LogP contribution < -0.4 is 0 Å². The number of amides is 1. The van der Waals surface area contributed by atoms with Gasteiger partial charge in [0.05, 0.1) is 0 Å². The maximum Gasteiger partial charge on any atom is 0.329 e. The second kappa shape index (κ2) is 4.20. The Bertz CT molecular complexity index is 429. The van der Waals surface area contributed by atoms with Crippen molar-refractivity contribution in [2.24, 2.45) is 0 Å². The van der Waals surface area contributed by atoms with Gasteiger partial charge < -0.3 is 10.0 Å². The Labute approximate surface area is 98.8 Å². The number of carbonyl (C=O) groups is 2. The molecule has 0 aliphatic carbocycles. The fourth-order valence-electron chi connectivity index (χ4n) is 2.20. The van der Waals surface area contributed by atoms with Gasteiger partial charge in [0.2, 0.25) is 5.91 Å². The van der Waals surface area contributed by atoms with Crippen molar-refractivity contribution < 1.29 is 14.7 Å². The fraction of sp³-hybridized carbons (Fsp3) is 0.545. The summed E-state index contributed by atoms with van der Waals surface area (Å²) in [6, 6.07) is 1.73. The third kappa shape index (κ3) is 2.02. The van der Waals surface area contributed by atoms with Crippen LogP contribution in [0.25, 0.3) is 0 Å². The Morgan fingerprint density at radius 2 is 2.29 bits per heavy atom. The maximum atomic E-state index is 12.0. The van der Waals surface area contributed by atoms with Crippen LogP contribution in [0.1, 0.15) is 19.8 Å². The van der Waals surface area contributed by atoms with Crippen molar-refractivity contribution in [3.05, 3.63) is 18.5 Å². The molecule has 17 heavy (non-hydrogen) atoms. The van der Waals surface area contributed by atoms with Crippen molar-refractivity contribution in [1.29, 1.82) is 0 Å². The maximum absolute atomic E-state index is 12.0.